The summed E-state index contributed by atoms with van der Waals surface area (Å²) in [7, 11) is 0. The molecule has 1 heterocycles. The van der Waals surface area contributed by atoms with Crippen LogP contribution in [0.25, 0.3) is 10.9 Å². The van der Waals surface area contributed by atoms with Crippen molar-refractivity contribution in [2.75, 3.05) is 6.61 Å². The van der Waals surface area contributed by atoms with Crippen LogP contribution in [-0.4, -0.2) is 21.8 Å². The van der Waals surface area contributed by atoms with Gasteiger partial charge in [-0.15, -0.1) is 0 Å². The van der Waals surface area contributed by atoms with Gasteiger partial charge in [-0.25, -0.2) is 0 Å². The summed E-state index contributed by atoms with van der Waals surface area (Å²) in [5.74, 6) is 0.162. The number of aromatic hydroxyl groups is 1. The van der Waals surface area contributed by atoms with Crippen LogP contribution in [-0.2, 0) is 6.42 Å². The van der Waals surface area contributed by atoms with E-state index >= 15 is 0 Å². The van der Waals surface area contributed by atoms with Gasteiger partial charge in [0.1, 0.15) is 0 Å². The molecule has 0 radical (unpaired) electrons. The number of para-hydroxylation sites is 1. The smallest absolute Gasteiger partial charge is 0.192 e. The van der Waals surface area contributed by atoms with Crippen molar-refractivity contribution in [2.45, 2.75) is 6.42 Å². The number of aromatic amines is 1. The topological polar surface area (TPSA) is 56.2 Å². The fourth-order valence-electron chi connectivity index (χ4n) is 1.55. The van der Waals surface area contributed by atoms with Gasteiger partial charge in [0, 0.05) is 29.5 Å². The van der Waals surface area contributed by atoms with E-state index in [1.807, 2.05) is 24.3 Å². The van der Waals surface area contributed by atoms with Crippen LogP contribution in [0.5, 0.6) is 5.88 Å². The van der Waals surface area contributed by atoms with Gasteiger partial charge in [0.05, 0.1) is 0 Å². The minimum absolute atomic E-state index is 0.0510. The van der Waals surface area contributed by atoms with Gasteiger partial charge in [0.15, 0.2) is 5.88 Å². The van der Waals surface area contributed by atoms with Crippen molar-refractivity contribution in [2.24, 2.45) is 0 Å². The molecule has 2 aromatic rings. The summed E-state index contributed by atoms with van der Waals surface area (Å²) in [6, 6.07) is 7.64. The third-order valence-electron chi connectivity index (χ3n) is 2.15. The number of aliphatic hydroxyl groups excluding tert-OH is 1. The average Bonchev–Trinajstić information content (AvgIpc) is 2.44. The highest BCUT2D eigenvalue weighted by atomic mass is 16.3. The third kappa shape index (κ3) is 1.27. The Hall–Kier alpha value is -1.48. The van der Waals surface area contributed by atoms with E-state index in [1.54, 1.807) is 0 Å². The highest BCUT2D eigenvalue weighted by molar-refractivity contribution is 5.85. The predicted octanol–water partition coefficient (Wildman–Crippen LogP) is 1.41. The fraction of sp³-hybridized carbons (Fsp3) is 0.200. The van der Waals surface area contributed by atoms with Gasteiger partial charge in [-0.2, -0.15) is 0 Å². The first-order valence-corrected chi connectivity index (χ1v) is 4.22. The summed E-state index contributed by atoms with van der Waals surface area (Å²) in [5.41, 5.74) is 1.70. The SMILES string of the molecule is OCCc1c(O)[nH]c2ccccc12. The molecule has 68 valence electrons. The Morgan fingerprint density at radius 3 is 2.77 bits per heavy atom. The molecule has 3 N–H and O–H groups in total. The largest absolute Gasteiger partial charge is 0.494 e. The molecule has 0 unspecified atom stereocenters. The van der Waals surface area contributed by atoms with Crippen molar-refractivity contribution in [1.29, 1.82) is 0 Å². The molecule has 0 spiro atoms. The second kappa shape index (κ2) is 3.11. The number of nitrogens with one attached hydrogen (secondary N) is 1. The molecule has 0 amide bonds. The molecule has 0 atom stereocenters. The zero-order valence-electron chi connectivity index (χ0n) is 7.12. The summed E-state index contributed by atoms with van der Waals surface area (Å²) in [4.78, 5) is 2.86. The van der Waals surface area contributed by atoms with Crippen molar-refractivity contribution in [3.63, 3.8) is 0 Å². The second-order valence-corrected chi connectivity index (χ2v) is 2.97. The molecule has 1 aromatic carbocycles. The molecular formula is C10H11NO2. The summed E-state index contributed by atoms with van der Waals surface area (Å²) in [5, 5.41) is 19.3. The zero-order chi connectivity index (χ0) is 9.26. The molecule has 0 saturated carbocycles. The van der Waals surface area contributed by atoms with E-state index in [0.717, 1.165) is 16.5 Å². The van der Waals surface area contributed by atoms with E-state index in [2.05, 4.69) is 4.98 Å². The quantitative estimate of drug-likeness (QED) is 0.649. The van der Waals surface area contributed by atoms with Crippen molar-refractivity contribution < 1.29 is 10.2 Å². The molecule has 2 rings (SSSR count). The Labute approximate surface area is 75.6 Å². The number of hydrogen-bond acceptors (Lipinski definition) is 2. The third-order valence-corrected chi connectivity index (χ3v) is 2.15. The maximum Gasteiger partial charge on any atom is 0.192 e. The Morgan fingerprint density at radius 2 is 2.00 bits per heavy atom. The van der Waals surface area contributed by atoms with Crippen LogP contribution in [0.3, 0.4) is 0 Å². The van der Waals surface area contributed by atoms with Crippen LogP contribution in [0, 0.1) is 0 Å². The predicted molar refractivity (Wildman–Crippen MR) is 50.8 cm³/mol. The van der Waals surface area contributed by atoms with E-state index in [0.29, 0.717) is 6.42 Å². The number of H-pyrrole nitrogens is 1. The van der Waals surface area contributed by atoms with Gasteiger partial charge in [0.2, 0.25) is 0 Å². The molecule has 1 aromatic heterocycles. The summed E-state index contributed by atoms with van der Waals surface area (Å²) in [6.07, 6.45) is 0.482. The van der Waals surface area contributed by atoms with Gasteiger partial charge in [0.25, 0.3) is 0 Å². The van der Waals surface area contributed by atoms with E-state index in [9.17, 15) is 5.11 Å². The Balaban J connectivity index is 2.64. The van der Waals surface area contributed by atoms with Crippen molar-refractivity contribution in [3.05, 3.63) is 29.8 Å². The molecule has 0 saturated heterocycles. The van der Waals surface area contributed by atoms with Gasteiger partial charge >= 0.3 is 0 Å². The van der Waals surface area contributed by atoms with Gasteiger partial charge in [-0.1, -0.05) is 18.2 Å². The zero-order valence-corrected chi connectivity index (χ0v) is 7.12. The lowest BCUT2D eigenvalue weighted by molar-refractivity contribution is 0.297. The number of rotatable bonds is 2. The van der Waals surface area contributed by atoms with Crippen LogP contribution in [0.1, 0.15) is 5.56 Å². The first-order valence-electron chi connectivity index (χ1n) is 4.22. The molecule has 0 bridgehead atoms. The van der Waals surface area contributed by atoms with Crippen LogP contribution in [0.15, 0.2) is 24.3 Å². The summed E-state index contributed by atoms with van der Waals surface area (Å²) < 4.78 is 0. The lowest BCUT2D eigenvalue weighted by atomic mass is 10.1. The van der Waals surface area contributed by atoms with Gasteiger partial charge in [-0.3, -0.25) is 0 Å². The highest BCUT2D eigenvalue weighted by Crippen LogP contribution is 2.26. The Morgan fingerprint density at radius 1 is 1.23 bits per heavy atom. The second-order valence-electron chi connectivity index (χ2n) is 2.97. The van der Waals surface area contributed by atoms with Crippen LogP contribution in [0.2, 0.25) is 0 Å². The molecular weight excluding hydrogens is 166 g/mol. The fourth-order valence-corrected chi connectivity index (χ4v) is 1.55. The summed E-state index contributed by atoms with van der Waals surface area (Å²) >= 11 is 0. The van der Waals surface area contributed by atoms with E-state index < -0.39 is 0 Å². The molecule has 0 aliphatic carbocycles. The lowest BCUT2D eigenvalue weighted by Crippen LogP contribution is -1.88. The van der Waals surface area contributed by atoms with Gasteiger partial charge in [-0.05, 0) is 6.07 Å². The maximum atomic E-state index is 9.50. The molecule has 13 heavy (non-hydrogen) atoms. The van der Waals surface area contributed by atoms with Gasteiger partial charge < -0.3 is 15.2 Å². The molecule has 0 fully saturated rings. The molecule has 0 aliphatic rings. The first-order chi connectivity index (χ1) is 6.33. The number of benzene rings is 1. The number of fused-ring (bicyclic) bond motifs is 1. The maximum absolute atomic E-state index is 9.50. The van der Waals surface area contributed by atoms with Crippen LogP contribution < -0.4 is 0 Å². The summed E-state index contributed by atoms with van der Waals surface area (Å²) in [6.45, 7) is 0.0510. The normalized spacial score (nSPS) is 10.8. The molecule has 0 aliphatic heterocycles. The standard InChI is InChI=1S/C10H11NO2/c12-6-5-8-7-3-1-2-4-9(7)11-10(8)13/h1-4,11-13H,5-6H2. The Kier molecular flexibility index (Phi) is 1.94. The van der Waals surface area contributed by atoms with E-state index in [1.165, 1.54) is 0 Å². The monoisotopic (exact) mass is 177 g/mol. The number of aliphatic hydroxyl groups is 1. The first kappa shape index (κ1) is 8.13. The molecule has 3 heteroatoms. The minimum atomic E-state index is 0.0510. The van der Waals surface area contributed by atoms with Crippen molar-refractivity contribution in [3.8, 4) is 5.88 Å². The van der Waals surface area contributed by atoms with Crippen molar-refractivity contribution >= 4 is 10.9 Å². The average molecular weight is 177 g/mol. The minimum Gasteiger partial charge on any atom is -0.494 e. The van der Waals surface area contributed by atoms with E-state index in [-0.39, 0.29) is 12.5 Å². The lowest BCUT2D eigenvalue weighted by Gasteiger charge is -1.95. The van der Waals surface area contributed by atoms with Crippen LogP contribution >= 0.6 is 0 Å². The number of aromatic nitrogens is 1. The highest BCUT2D eigenvalue weighted by Gasteiger charge is 2.08. The molecule has 3 nitrogen and oxygen atoms in total. The Bertz CT molecular complexity index is 420. The van der Waals surface area contributed by atoms with Crippen molar-refractivity contribution in [1.82, 2.24) is 4.98 Å². The number of hydrogen-bond donors (Lipinski definition) is 3. The van der Waals surface area contributed by atoms with E-state index in [4.69, 9.17) is 5.11 Å². The van der Waals surface area contributed by atoms with Crippen LogP contribution in [0.4, 0.5) is 0 Å².